The average molecular weight is 377 g/mol. The molecule has 138 valence electrons. The third-order valence-corrected chi connectivity index (χ3v) is 5.54. The van der Waals surface area contributed by atoms with E-state index in [1.807, 2.05) is 32.0 Å². The Bertz CT molecular complexity index is 773. The van der Waals surface area contributed by atoms with Gasteiger partial charge in [-0.05, 0) is 55.8 Å². The van der Waals surface area contributed by atoms with E-state index in [0.29, 0.717) is 5.02 Å². The van der Waals surface area contributed by atoms with Gasteiger partial charge in [-0.15, -0.1) is 0 Å². The highest BCUT2D eigenvalue weighted by Crippen LogP contribution is 2.23. The Morgan fingerprint density at radius 1 is 1.19 bits per heavy atom. The SMILES string of the molecule is Cc1c(Cl)cccc1NC(=O)[C@H](C)[NH+]1CCN(c2ccc(F)cc2)CC1. The smallest absolute Gasteiger partial charge is 0.282 e. The fourth-order valence-corrected chi connectivity index (χ4v) is 3.48. The molecule has 0 radical (unpaired) electrons. The lowest BCUT2D eigenvalue weighted by atomic mass is 10.1. The van der Waals surface area contributed by atoms with Crippen LogP contribution in [0.1, 0.15) is 12.5 Å². The molecule has 1 heterocycles. The van der Waals surface area contributed by atoms with E-state index in [-0.39, 0.29) is 17.8 Å². The zero-order chi connectivity index (χ0) is 18.7. The van der Waals surface area contributed by atoms with E-state index in [1.54, 1.807) is 12.1 Å². The molecule has 1 saturated heterocycles. The van der Waals surface area contributed by atoms with Gasteiger partial charge in [0.2, 0.25) is 0 Å². The van der Waals surface area contributed by atoms with Gasteiger partial charge in [-0.1, -0.05) is 17.7 Å². The first-order valence-corrected chi connectivity index (χ1v) is 9.24. The van der Waals surface area contributed by atoms with E-state index in [0.717, 1.165) is 43.1 Å². The molecule has 0 bridgehead atoms. The number of benzene rings is 2. The van der Waals surface area contributed by atoms with Crippen molar-refractivity contribution in [1.29, 1.82) is 0 Å². The van der Waals surface area contributed by atoms with Gasteiger partial charge in [0.15, 0.2) is 6.04 Å². The molecule has 6 heteroatoms. The summed E-state index contributed by atoms with van der Waals surface area (Å²) in [5.41, 5.74) is 2.67. The number of hydrogen-bond acceptors (Lipinski definition) is 2. The number of halogens is 2. The van der Waals surface area contributed by atoms with Gasteiger partial charge in [0.05, 0.1) is 26.2 Å². The fraction of sp³-hybridized carbons (Fsp3) is 0.350. The van der Waals surface area contributed by atoms with Crippen molar-refractivity contribution in [3.63, 3.8) is 0 Å². The summed E-state index contributed by atoms with van der Waals surface area (Å²) in [7, 11) is 0. The lowest BCUT2D eigenvalue weighted by Gasteiger charge is -2.36. The maximum atomic E-state index is 13.1. The molecule has 1 aliphatic heterocycles. The van der Waals surface area contributed by atoms with Crippen molar-refractivity contribution in [1.82, 2.24) is 0 Å². The van der Waals surface area contributed by atoms with Crippen LogP contribution >= 0.6 is 11.6 Å². The minimum Gasteiger partial charge on any atom is -0.360 e. The molecule has 1 atom stereocenters. The molecule has 0 unspecified atom stereocenters. The van der Waals surface area contributed by atoms with Gasteiger partial charge in [0.1, 0.15) is 5.82 Å². The van der Waals surface area contributed by atoms with Crippen LogP contribution in [0.2, 0.25) is 5.02 Å². The Morgan fingerprint density at radius 3 is 2.50 bits per heavy atom. The van der Waals surface area contributed by atoms with Crippen molar-refractivity contribution >= 4 is 28.9 Å². The molecule has 0 spiro atoms. The van der Waals surface area contributed by atoms with E-state index < -0.39 is 0 Å². The van der Waals surface area contributed by atoms with E-state index in [9.17, 15) is 9.18 Å². The number of nitrogens with zero attached hydrogens (tertiary/aromatic N) is 1. The second-order valence-corrected chi connectivity index (χ2v) is 7.15. The maximum Gasteiger partial charge on any atom is 0.282 e. The maximum absolute atomic E-state index is 13.1. The standard InChI is InChI=1S/C20H23ClFN3O/c1-14-18(21)4-3-5-19(14)23-20(26)15(2)24-10-12-25(13-11-24)17-8-6-16(22)7-9-17/h3-9,15H,10-13H2,1-2H3,(H,23,26)/p+1/t15-/m0/s1. The highest BCUT2D eigenvalue weighted by atomic mass is 35.5. The van der Waals surface area contributed by atoms with Crippen LogP contribution in [-0.2, 0) is 4.79 Å². The summed E-state index contributed by atoms with van der Waals surface area (Å²) >= 11 is 6.12. The fourth-order valence-electron chi connectivity index (χ4n) is 3.31. The number of anilines is 2. The van der Waals surface area contributed by atoms with Crippen LogP contribution in [0.15, 0.2) is 42.5 Å². The quantitative estimate of drug-likeness (QED) is 0.860. The summed E-state index contributed by atoms with van der Waals surface area (Å²) < 4.78 is 13.1. The summed E-state index contributed by atoms with van der Waals surface area (Å²) in [5, 5.41) is 3.65. The number of nitrogens with one attached hydrogen (secondary N) is 2. The van der Waals surface area contributed by atoms with Crippen LogP contribution < -0.4 is 15.1 Å². The Kier molecular flexibility index (Phi) is 5.79. The highest BCUT2D eigenvalue weighted by molar-refractivity contribution is 6.31. The molecule has 3 rings (SSSR count). The Morgan fingerprint density at radius 2 is 1.85 bits per heavy atom. The Hall–Kier alpha value is -2.11. The van der Waals surface area contributed by atoms with Gasteiger partial charge in [-0.3, -0.25) is 4.79 Å². The zero-order valence-corrected chi connectivity index (χ0v) is 15.8. The van der Waals surface area contributed by atoms with Crippen molar-refractivity contribution in [2.24, 2.45) is 0 Å². The van der Waals surface area contributed by atoms with Gasteiger partial charge in [-0.25, -0.2) is 4.39 Å². The largest absolute Gasteiger partial charge is 0.360 e. The van der Waals surface area contributed by atoms with Crippen molar-refractivity contribution in [2.45, 2.75) is 19.9 Å². The number of carbonyl (C=O) groups is 1. The van der Waals surface area contributed by atoms with Crippen LogP contribution in [0.25, 0.3) is 0 Å². The van der Waals surface area contributed by atoms with Gasteiger partial charge in [-0.2, -0.15) is 0 Å². The molecule has 4 nitrogen and oxygen atoms in total. The van der Waals surface area contributed by atoms with Crippen LogP contribution in [0.4, 0.5) is 15.8 Å². The molecule has 2 aromatic carbocycles. The minimum atomic E-state index is -0.223. The predicted molar refractivity (Wildman–Crippen MR) is 104 cm³/mol. The lowest BCUT2D eigenvalue weighted by molar-refractivity contribution is -0.914. The van der Waals surface area contributed by atoms with Crippen LogP contribution in [0.5, 0.6) is 0 Å². The Labute approximate surface area is 158 Å². The molecule has 1 amide bonds. The normalized spacial score (nSPS) is 16.4. The summed E-state index contributed by atoms with van der Waals surface area (Å²) in [5.74, 6) is -0.222. The third kappa shape index (κ3) is 4.17. The van der Waals surface area contributed by atoms with Gasteiger partial charge in [0, 0.05) is 16.4 Å². The van der Waals surface area contributed by atoms with Gasteiger partial charge in [0.25, 0.3) is 5.91 Å². The third-order valence-electron chi connectivity index (χ3n) is 5.13. The zero-order valence-electron chi connectivity index (χ0n) is 15.1. The van der Waals surface area contributed by atoms with E-state index in [1.165, 1.54) is 17.0 Å². The number of rotatable bonds is 4. The van der Waals surface area contributed by atoms with Crippen molar-refractivity contribution in [3.8, 4) is 0 Å². The molecule has 26 heavy (non-hydrogen) atoms. The molecule has 1 fully saturated rings. The first-order valence-electron chi connectivity index (χ1n) is 8.87. The van der Waals surface area contributed by atoms with Crippen LogP contribution in [0.3, 0.4) is 0 Å². The van der Waals surface area contributed by atoms with Crippen LogP contribution in [-0.4, -0.2) is 38.1 Å². The summed E-state index contributed by atoms with van der Waals surface area (Å²) in [6.07, 6.45) is 0. The first kappa shape index (κ1) is 18.7. The summed E-state index contributed by atoms with van der Waals surface area (Å²) in [6.45, 7) is 7.26. The molecule has 2 aromatic rings. The molecule has 0 saturated carbocycles. The second kappa shape index (κ2) is 8.06. The minimum absolute atomic E-state index is 0.000554. The monoisotopic (exact) mass is 376 g/mol. The number of amides is 1. The number of hydrogen-bond donors (Lipinski definition) is 2. The van der Waals surface area contributed by atoms with E-state index >= 15 is 0 Å². The second-order valence-electron chi connectivity index (χ2n) is 6.75. The summed E-state index contributed by atoms with van der Waals surface area (Å²) in [6, 6.07) is 11.9. The molecule has 2 N–H and O–H groups in total. The van der Waals surface area contributed by atoms with Gasteiger partial charge >= 0.3 is 0 Å². The lowest BCUT2D eigenvalue weighted by Crippen LogP contribution is -3.19. The topological polar surface area (TPSA) is 36.8 Å². The molecule has 0 aromatic heterocycles. The molecule has 1 aliphatic rings. The molecular formula is C20H24ClFN3O+. The Balaban J connectivity index is 1.57. The summed E-state index contributed by atoms with van der Waals surface area (Å²) in [4.78, 5) is 16.1. The van der Waals surface area contributed by atoms with Crippen molar-refractivity contribution < 1.29 is 14.1 Å². The highest BCUT2D eigenvalue weighted by Gasteiger charge is 2.29. The van der Waals surface area contributed by atoms with E-state index in [2.05, 4.69) is 10.2 Å². The number of carbonyl (C=O) groups excluding carboxylic acids is 1. The van der Waals surface area contributed by atoms with Crippen LogP contribution in [0, 0.1) is 12.7 Å². The van der Waals surface area contributed by atoms with Crippen molar-refractivity contribution in [2.75, 3.05) is 36.4 Å². The number of piperazine rings is 1. The average Bonchev–Trinajstić information content (AvgIpc) is 2.65. The first-order chi connectivity index (χ1) is 12.5. The van der Waals surface area contributed by atoms with E-state index in [4.69, 9.17) is 11.6 Å². The molecular weight excluding hydrogens is 353 g/mol. The molecule has 0 aliphatic carbocycles. The number of quaternary nitrogens is 1. The van der Waals surface area contributed by atoms with Crippen molar-refractivity contribution in [3.05, 3.63) is 58.9 Å². The predicted octanol–water partition coefficient (Wildman–Crippen LogP) is 2.52. The van der Waals surface area contributed by atoms with Gasteiger partial charge < -0.3 is 15.1 Å².